The number of morpholine rings is 1. The third-order valence-electron chi connectivity index (χ3n) is 2.69. The number of ether oxygens (including phenoxy) is 1. The third-order valence-corrected chi connectivity index (χ3v) is 4.35. The van der Waals surface area contributed by atoms with E-state index in [4.69, 9.17) is 9.72 Å². The highest BCUT2D eigenvalue weighted by Gasteiger charge is 2.19. The Morgan fingerprint density at radius 1 is 1.44 bits per heavy atom. The Bertz CT molecular complexity index is 346. The van der Waals surface area contributed by atoms with Crippen molar-refractivity contribution < 1.29 is 4.74 Å². The van der Waals surface area contributed by atoms with Gasteiger partial charge in [-0.1, -0.05) is 13.8 Å². The second-order valence-electron chi connectivity index (χ2n) is 4.22. The topological polar surface area (TPSA) is 25.4 Å². The highest BCUT2D eigenvalue weighted by Crippen LogP contribution is 2.32. The standard InChI is InChI=1S/C11H18N2OS2/c1-8(2)10-9(7-15)16-11(12-10)13-3-5-14-6-4-13/h8,15H,3-7H2,1-2H3. The number of nitrogens with zero attached hydrogens (tertiary/aromatic N) is 2. The molecule has 0 unspecified atom stereocenters. The van der Waals surface area contributed by atoms with E-state index in [9.17, 15) is 0 Å². The lowest BCUT2D eigenvalue weighted by Gasteiger charge is -2.26. The van der Waals surface area contributed by atoms with Gasteiger partial charge in [0.05, 0.1) is 18.9 Å². The maximum absolute atomic E-state index is 5.35. The highest BCUT2D eigenvalue weighted by atomic mass is 32.1. The van der Waals surface area contributed by atoms with Gasteiger partial charge in [0, 0.05) is 23.7 Å². The Morgan fingerprint density at radius 2 is 2.12 bits per heavy atom. The van der Waals surface area contributed by atoms with Crippen LogP contribution >= 0.6 is 24.0 Å². The molecule has 0 amide bonds. The van der Waals surface area contributed by atoms with Gasteiger partial charge in [0.25, 0.3) is 0 Å². The fourth-order valence-electron chi connectivity index (χ4n) is 1.80. The van der Waals surface area contributed by atoms with Gasteiger partial charge in [-0.05, 0) is 5.92 Å². The quantitative estimate of drug-likeness (QED) is 0.844. The Morgan fingerprint density at radius 3 is 2.62 bits per heavy atom. The molecule has 0 aromatic carbocycles. The Labute approximate surface area is 106 Å². The largest absolute Gasteiger partial charge is 0.378 e. The van der Waals surface area contributed by atoms with Gasteiger partial charge < -0.3 is 9.64 Å². The fourth-order valence-corrected chi connectivity index (χ4v) is 3.29. The first-order valence-corrected chi connectivity index (χ1v) is 7.10. The third kappa shape index (κ3) is 2.52. The Hall–Kier alpha value is -0.260. The van der Waals surface area contributed by atoms with E-state index in [1.807, 2.05) is 0 Å². The maximum atomic E-state index is 5.35. The van der Waals surface area contributed by atoms with Crippen LogP contribution in [0.5, 0.6) is 0 Å². The summed E-state index contributed by atoms with van der Waals surface area (Å²) in [6.07, 6.45) is 0. The molecule has 1 aliphatic heterocycles. The van der Waals surface area contributed by atoms with E-state index in [1.165, 1.54) is 10.6 Å². The average molecular weight is 258 g/mol. The van der Waals surface area contributed by atoms with Crippen molar-refractivity contribution >= 4 is 29.1 Å². The number of thiazole rings is 1. The van der Waals surface area contributed by atoms with Crippen LogP contribution in [-0.4, -0.2) is 31.3 Å². The van der Waals surface area contributed by atoms with Crippen molar-refractivity contribution in [1.82, 2.24) is 4.98 Å². The van der Waals surface area contributed by atoms with E-state index < -0.39 is 0 Å². The smallest absolute Gasteiger partial charge is 0.185 e. The molecule has 0 atom stereocenters. The minimum atomic E-state index is 0.480. The molecule has 1 aromatic heterocycles. The van der Waals surface area contributed by atoms with Crippen molar-refractivity contribution in [3.8, 4) is 0 Å². The Balaban J connectivity index is 2.20. The molecular weight excluding hydrogens is 240 g/mol. The van der Waals surface area contributed by atoms with Crippen LogP contribution in [-0.2, 0) is 10.5 Å². The van der Waals surface area contributed by atoms with Gasteiger partial charge in [-0.3, -0.25) is 0 Å². The van der Waals surface area contributed by atoms with Gasteiger partial charge in [0.1, 0.15) is 0 Å². The first-order valence-electron chi connectivity index (χ1n) is 5.65. The molecular formula is C11H18N2OS2. The number of hydrogen-bond acceptors (Lipinski definition) is 5. The number of aromatic nitrogens is 1. The minimum absolute atomic E-state index is 0.480. The summed E-state index contributed by atoms with van der Waals surface area (Å²) in [6, 6.07) is 0. The van der Waals surface area contributed by atoms with Crippen LogP contribution in [0.2, 0.25) is 0 Å². The van der Waals surface area contributed by atoms with Crippen LogP contribution in [0, 0.1) is 0 Å². The number of rotatable bonds is 3. The van der Waals surface area contributed by atoms with Crippen LogP contribution in [0.15, 0.2) is 0 Å². The van der Waals surface area contributed by atoms with Crippen LogP contribution in [0.1, 0.15) is 30.3 Å². The van der Waals surface area contributed by atoms with Crippen LogP contribution in [0.3, 0.4) is 0 Å². The van der Waals surface area contributed by atoms with E-state index in [0.29, 0.717) is 5.92 Å². The zero-order valence-corrected chi connectivity index (χ0v) is 11.5. The summed E-state index contributed by atoms with van der Waals surface area (Å²) >= 11 is 6.16. The van der Waals surface area contributed by atoms with E-state index in [-0.39, 0.29) is 0 Å². The van der Waals surface area contributed by atoms with Gasteiger partial charge in [0.15, 0.2) is 5.13 Å². The van der Waals surface area contributed by atoms with Crippen molar-refractivity contribution in [3.05, 3.63) is 10.6 Å². The Kier molecular flexibility index (Phi) is 4.10. The lowest BCUT2D eigenvalue weighted by molar-refractivity contribution is 0.122. The lowest BCUT2D eigenvalue weighted by atomic mass is 10.1. The second kappa shape index (κ2) is 5.38. The van der Waals surface area contributed by atoms with E-state index >= 15 is 0 Å². The number of thiol groups is 1. The molecule has 5 heteroatoms. The summed E-state index contributed by atoms with van der Waals surface area (Å²) < 4.78 is 5.35. The molecule has 1 aliphatic rings. The summed E-state index contributed by atoms with van der Waals surface area (Å²) in [5.41, 5.74) is 1.21. The number of hydrogen-bond donors (Lipinski definition) is 1. The molecule has 90 valence electrons. The molecule has 1 fully saturated rings. The molecule has 1 saturated heterocycles. The maximum Gasteiger partial charge on any atom is 0.185 e. The first kappa shape index (κ1) is 12.2. The van der Waals surface area contributed by atoms with Gasteiger partial charge in [0.2, 0.25) is 0 Å². The van der Waals surface area contributed by atoms with Crippen LogP contribution in [0.4, 0.5) is 5.13 Å². The molecule has 0 aliphatic carbocycles. The molecule has 3 nitrogen and oxygen atoms in total. The fraction of sp³-hybridized carbons (Fsp3) is 0.727. The molecule has 16 heavy (non-hydrogen) atoms. The summed E-state index contributed by atoms with van der Waals surface area (Å²) in [6.45, 7) is 7.91. The number of anilines is 1. The van der Waals surface area contributed by atoms with Crippen LogP contribution in [0.25, 0.3) is 0 Å². The van der Waals surface area contributed by atoms with Gasteiger partial charge in [-0.15, -0.1) is 11.3 Å². The van der Waals surface area contributed by atoms with Gasteiger partial charge in [-0.2, -0.15) is 12.6 Å². The SMILES string of the molecule is CC(C)c1nc(N2CCOCC2)sc1CS. The molecule has 0 radical (unpaired) electrons. The monoisotopic (exact) mass is 258 g/mol. The van der Waals surface area contributed by atoms with Crippen molar-refractivity contribution in [2.75, 3.05) is 31.2 Å². The van der Waals surface area contributed by atoms with Crippen molar-refractivity contribution in [1.29, 1.82) is 0 Å². The second-order valence-corrected chi connectivity index (χ2v) is 5.60. The van der Waals surface area contributed by atoms with Crippen molar-refractivity contribution in [2.24, 2.45) is 0 Å². The van der Waals surface area contributed by atoms with Gasteiger partial charge in [-0.25, -0.2) is 4.98 Å². The van der Waals surface area contributed by atoms with E-state index in [2.05, 4.69) is 31.4 Å². The summed E-state index contributed by atoms with van der Waals surface area (Å²) in [5.74, 6) is 1.27. The summed E-state index contributed by atoms with van der Waals surface area (Å²) in [5, 5.41) is 1.14. The normalized spacial score (nSPS) is 17.1. The van der Waals surface area contributed by atoms with Crippen molar-refractivity contribution in [3.63, 3.8) is 0 Å². The summed E-state index contributed by atoms with van der Waals surface area (Å²) in [7, 11) is 0. The van der Waals surface area contributed by atoms with Gasteiger partial charge >= 0.3 is 0 Å². The minimum Gasteiger partial charge on any atom is -0.378 e. The molecule has 0 bridgehead atoms. The van der Waals surface area contributed by atoms with Crippen LogP contribution < -0.4 is 4.90 Å². The molecule has 2 heterocycles. The molecule has 0 N–H and O–H groups in total. The summed E-state index contributed by atoms with van der Waals surface area (Å²) in [4.78, 5) is 8.36. The average Bonchev–Trinajstić information content (AvgIpc) is 2.74. The lowest BCUT2D eigenvalue weighted by Crippen LogP contribution is -2.36. The molecule has 2 rings (SSSR count). The molecule has 1 aromatic rings. The predicted octanol–water partition coefficient (Wildman–Crippen LogP) is 2.53. The van der Waals surface area contributed by atoms with E-state index in [0.717, 1.165) is 37.2 Å². The highest BCUT2D eigenvalue weighted by molar-refractivity contribution is 7.79. The van der Waals surface area contributed by atoms with Crippen molar-refractivity contribution in [2.45, 2.75) is 25.5 Å². The molecule has 0 spiro atoms. The molecule has 0 saturated carbocycles. The first-order chi connectivity index (χ1) is 7.72. The predicted molar refractivity (Wildman–Crippen MR) is 71.9 cm³/mol. The zero-order valence-electron chi connectivity index (χ0n) is 9.77. The zero-order chi connectivity index (χ0) is 11.5. The van der Waals surface area contributed by atoms with E-state index in [1.54, 1.807) is 11.3 Å².